The lowest BCUT2D eigenvalue weighted by Gasteiger charge is -2.46. The van der Waals surface area contributed by atoms with Gasteiger partial charge in [-0.05, 0) is 50.8 Å². The topological polar surface area (TPSA) is 82.9 Å². The van der Waals surface area contributed by atoms with Gasteiger partial charge in [-0.15, -0.1) is 0 Å². The van der Waals surface area contributed by atoms with Crippen LogP contribution < -0.4 is 0 Å². The molecule has 2 atom stereocenters. The van der Waals surface area contributed by atoms with E-state index in [9.17, 15) is 14.4 Å². The molecule has 1 aromatic rings. The molecular formula is C16H29N2O4P. The van der Waals surface area contributed by atoms with Gasteiger partial charge in [-0.3, -0.25) is 14.4 Å². The van der Waals surface area contributed by atoms with Crippen LogP contribution in [0.4, 0.5) is 0 Å². The van der Waals surface area contributed by atoms with Crippen LogP contribution in [0.2, 0.25) is 0 Å². The predicted molar refractivity (Wildman–Crippen MR) is 90.6 cm³/mol. The van der Waals surface area contributed by atoms with Gasteiger partial charge < -0.3 is 9.79 Å². The molecule has 2 unspecified atom stereocenters. The molecule has 0 aromatic carbocycles. The molecule has 0 bridgehead atoms. The van der Waals surface area contributed by atoms with Gasteiger partial charge in [0.2, 0.25) is 0 Å². The van der Waals surface area contributed by atoms with Crippen LogP contribution in [0.15, 0.2) is 24.5 Å². The third-order valence-electron chi connectivity index (χ3n) is 3.42. The summed E-state index contributed by atoms with van der Waals surface area (Å²) in [6.45, 7) is 12.9. The van der Waals surface area contributed by atoms with Crippen LogP contribution in [0.3, 0.4) is 0 Å². The Morgan fingerprint density at radius 1 is 1.13 bits per heavy atom. The zero-order valence-electron chi connectivity index (χ0n) is 15.0. The van der Waals surface area contributed by atoms with Gasteiger partial charge >= 0.3 is 7.60 Å². The second-order valence-electron chi connectivity index (χ2n) is 7.85. The first-order valence-electron chi connectivity index (χ1n) is 7.66. The molecule has 0 saturated carbocycles. The van der Waals surface area contributed by atoms with E-state index in [1.54, 1.807) is 33.2 Å². The Morgan fingerprint density at radius 2 is 1.61 bits per heavy atom. The highest BCUT2D eigenvalue weighted by Gasteiger charge is 2.48. The first-order valence-corrected chi connectivity index (χ1v) is 9.34. The predicted octanol–water partition coefficient (Wildman–Crippen LogP) is 3.72. The fourth-order valence-corrected chi connectivity index (χ4v) is 4.12. The monoisotopic (exact) mass is 344 g/mol. The maximum absolute atomic E-state index is 12.1. The average molecular weight is 344 g/mol. The SMILES string of the molecule is CC(ON(C(C(C)(C)C)P(=O)(O)O)C(C)(C)C)c1ccncc1. The third-order valence-corrected chi connectivity index (χ3v) is 5.05. The highest BCUT2D eigenvalue weighted by molar-refractivity contribution is 7.52. The van der Waals surface area contributed by atoms with Gasteiger partial charge in [-0.25, -0.2) is 0 Å². The van der Waals surface area contributed by atoms with Gasteiger partial charge in [-0.1, -0.05) is 20.8 Å². The Kier molecular flexibility index (Phi) is 6.16. The molecule has 23 heavy (non-hydrogen) atoms. The number of hydrogen-bond donors (Lipinski definition) is 2. The van der Waals surface area contributed by atoms with E-state index in [0.29, 0.717) is 0 Å². The van der Waals surface area contributed by atoms with Gasteiger partial charge in [-0.2, -0.15) is 5.06 Å². The summed E-state index contributed by atoms with van der Waals surface area (Å²) in [6.07, 6.45) is 2.98. The molecule has 6 nitrogen and oxygen atoms in total. The van der Waals surface area contributed by atoms with Crippen LogP contribution >= 0.6 is 7.60 Å². The minimum Gasteiger partial charge on any atom is -0.323 e. The fraction of sp³-hybridized carbons (Fsp3) is 0.688. The molecule has 0 aliphatic rings. The number of hydroxylamine groups is 2. The van der Waals surface area contributed by atoms with Crippen molar-refractivity contribution in [3.8, 4) is 0 Å². The van der Waals surface area contributed by atoms with Gasteiger partial charge in [0.1, 0.15) is 11.9 Å². The maximum Gasteiger partial charge on any atom is 0.345 e. The van der Waals surface area contributed by atoms with Crippen LogP contribution in [-0.4, -0.2) is 31.2 Å². The standard InChI is InChI=1S/C16H29N2O4P/c1-12(13-8-10-17-11-9-13)22-18(16(5,6)7)14(15(2,3)4)23(19,20)21/h8-12,14H,1-7H3,(H2,19,20,21). The average Bonchev–Trinajstić information content (AvgIpc) is 2.34. The number of nitrogens with zero attached hydrogens (tertiary/aromatic N) is 2. The second-order valence-corrected chi connectivity index (χ2v) is 9.52. The first-order chi connectivity index (χ1) is 10.2. The minimum absolute atomic E-state index is 0.353. The van der Waals surface area contributed by atoms with Gasteiger partial charge in [0.25, 0.3) is 0 Å². The van der Waals surface area contributed by atoms with E-state index < -0.39 is 24.3 Å². The van der Waals surface area contributed by atoms with E-state index in [-0.39, 0.29) is 6.10 Å². The molecule has 0 radical (unpaired) electrons. The maximum atomic E-state index is 12.1. The number of aromatic nitrogens is 1. The van der Waals surface area contributed by atoms with Crippen molar-refractivity contribution in [3.63, 3.8) is 0 Å². The van der Waals surface area contributed by atoms with E-state index in [4.69, 9.17) is 4.84 Å². The highest BCUT2D eigenvalue weighted by Crippen LogP contribution is 2.53. The normalized spacial score (nSPS) is 16.4. The number of pyridine rings is 1. The Bertz CT molecular complexity index is 545. The lowest BCUT2D eigenvalue weighted by Crippen LogP contribution is -2.53. The Balaban J connectivity index is 3.21. The van der Waals surface area contributed by atoms with Crippen LogP contribution in [0.1, 0.15) is 60.1 Å². The van der Waals surface area contributed by atoms with Crippen LogP contribution in [-0.2, 0) is 9.40 Å². The van der Waals surface area contributed by atoms with Crippen molar-refractivity contribution >= 4 is 7.60 Å². The summed E-state index contributed by atoms with van der Waals surface area (Å²) in [5.41, 5.74) is -0.349. The summed E-state index contributed by atoms with van der Waals surface area (Å²) in [5.74, 6) is -1.06. The van der Waals surface area contributed by atoms with E-state index >= 15 is 0 Å². The second kappa shape index (κ2) is 6.99. The fourth-order valence-electron chi connectivity index (χ4n) is 2.44. The van der Waals surface area contributed by atoms with Crippen molar-refractivity contribution in [1.82, 2.24) is 10.0 Å². The summed E-state index contributed by atoms with van der Waals surface area (Å²) < 4.78 is 12.1. The minimum atomic E-state index is -4.41. The molecule has 132 valence electrons. The molecule has 7 heteroatoms. The number of rotatable bonds is 5. The Labute approximate surface area is 139 Å². The lowest BCUT2D eigenvalue weighted by molar-refractivity contribution is -0.264. The van der Waals surface area contributed by atoms with Gasteiger partial charge in [0.15, 0.2) is 0 Å². The molecule has 1 rings (SSSR count). The summed E-state index contributed by atoms with van der Waals surface area (Å²) >= 11 is 0. The van der Waals surface area contributed by atoms with E-state index in [2.05, 4.69) is 4.98 Å². The van der Waals surface area contributed by atoms with Crippen molar-refractivity contribution in [1.29, 1.82) is 0 Å². The zero-order chi connectivity index (χ0) is 18.1. The largest absolute Gasteiger partial charge is 0.345 e. The summed E-state index contributed by atoms with van der Waals surface area (Å²) in [4.78, 5) is 29.8. The Morgan fingerprint density at radius 3 is 1.96 bits per heavy atom. The van der Waals surface area contributed by atoms with E-state index in [1.165, 1.54) is 5.06 Å². The molecule has 0 saturated heterocycles. The quantitative estimate of drug-likeness (QED) is 0.626. The summed E-state index contributed by atoms with van der Waals surface area (Å²) in [7, 11) is -4.41. The van der Waals surface area contributed by atoms with E-state index in [0.717, 1.165) is 5.56 Å². The Hall–Kier alpha value is -0.780. The van der Waals surface area contributed by atoms with Crippen LogP contribution in [0, 0.1) is 5.41 Å². The van der Waals surface area contributed by atoms with Crippen molar-refractivity contribution < 1.29 is 19.2 Å². The summed E-state index contributed by atoms with van der Waals surface area (Å²) in [5, 5.41) is 1.46. The molecule has 1 aromatic heterocycles. The molecule has 1 heterocycles. The van der Waals surface area contributed by atoms with Crippen molar-refractivity contribution in [3.05, 3.63) is 30.1 Å². The molecular weight excluding hydrogens is 315 g/mol. The van der Waals surface area contributed by atoms with Crippen LogP contribution in [0.5, 0.6) is 0 Å². The van der Waals surface area contributed by atoms with Gasteiger partial charge in [0, 0.05) is 17.9 Å². The molecule has 0 spiro atoms. The molecule has 2 N–H and O–H groups in total. The van der Waals surface area contributed by atoms with Crippen molar-refractivity contribution in [2.45, 2.75) is 65.9 Å². The summed E-state index contributed by atoms with van der Waals surface area (Å²) in [6, 6.07) is 3.66. The highest BCUT2D eigenvalue weighted by atomic mass is 31.2. The molecule has 0 aliphatic heterocycles. The van der Waals surface area contributed by atoms with Crippen LogP contribution in [0.25, 0.3) is 0 Å². The third kappa shape index (κ3) is 5.66. The lowest BCUT2D eigenvalue weighted by atomic mass is 9.94. The van der Waals surface area contributed by atoms with Crippen molar-refractivity contribution in [2.24, 2.45) is 5.41 Å². The molecule has 0 aliphatic carbocycles. The van der Waals surface area contributed by atoms with Crippen molar-refractivity contribution in [2.75, 3.05) is 0 Å². The molecule has 0 amide bonds. The first kappa shape index (κ1) is 20.3. The van der Waals surface area contributed by atoms with Gasteiger partial charge in [0.05, 0.1) is 0 Å². The van der Waals surface area contributed by atoms with E-state index in [1.807, 2.05) is 39.8 Å². The zero-order valence-corrected chi connectivity index (χ0v) is 15.9. The number of hydrogen-bond acceptors (Lipinski definition) is 4. The smallest absolute Gasteiger partial charge is 0.323 e. The molecule has 0 fully saturated rings.